The monoisotopic (exact) mass is 388 g/mol. The fourth-order valence-corrected chi connectivity index (χ4v) is 2.34. The van der Waals surface area contributed by atoms with Crippen molar-refractivity contribution in [2.75, 3.05) is 32.8 Å². The lowest BCUT2D eigenvalue weighted by Gasteiger charge is -2.12. The number of nitrogens with zero attached hydrogens (tertiary/aromatic N) is 1. The van der Waals surface area contributed by atoms with Crippen molar-refractivity contribution in [2.45, 2.75) is 20.0 Å². The van der Waals surface area contributed by atoms with Gasteiger partial charge in [0.1, 0.15) is 18.1 Å². The van der Waals surface area contributed by atoms with Crippen molar-refractivity contribution in [3.63, 3.8) is 0 Å². The topological polar surface area (TPSA) is 108 Å². The number of nitrogens with one attached hydrogen (secondary N) is 3. The smallest absolute Gasteiger partial charge is 0.251 e. The number of hydrogen-bond donors (Lipinski definition) is 4. The Bertz CT molecular complexity index is 714. The van der Waals surface area contributed by atoms with Crippen molar-refractivity contribution in [1.29, 1.82) is 0 Å². The Balaban J connectivity index is 1.60. The molecule has 0 saturated carbocycles. The van der Waals surface area contributed by atoms with Crippen LogP contribution in [0.4, 0.5) is 0 Å². The fraction of sp³-hybridized carbons (Fsp3) is 0.400. The van der Waals surface area contributed by atoms with Crippen LogP contribution in [-0.4, -0.2) is 49.8 Å². The number of hydrogen-bond acceptors (Lipinski definition) is 5. The van der Waals surface area contributed by atoms with Crippen molar-refractivity contribution in [3.8, 4) is 5.75 Å². The van der Waals surface area contributed by atoms with E-state index in [1.165, 1.54) is 12.1 Å². The minimum absolute atomic E-state index is 0.135. The normalized spacial score (nSPS) is 11.2. The third-order valence-corrected chi connectivity index (χ3v) is 3.72. The molecule has 0 bridgehead atoms. The summed E-state index contributed by atoms with van der Waals surface area (Å²) in [7, 11) is 0. The molecule has 0 aliphatic rings. The molecule has 0 unspecified atom stereocenters. The van der Waals surface area contributed by atoms with Gasteiger partial charge < -0.3 is 30.2 Å². The molecule has 8 heteroatoms. The Morgan fingerprint density at radius 1 is 1.14 bits per heavy atom. The molecule has 28 heavy (non-hydrogen) atoms. The molecule has 0 aliphatic carbocycles. The highest BCUT2D eigenvalue weighted by Crippen LogP contribution is 2.09. The first kappa shape index (κ1) is 21.3. The van der Waals surface area contributed by atoms with Crippen LogP contribution in [0.5, 0.6) is 5.75 Å². The number of rotatable bonds is 11. The second-order valence-corrected chi connectivity index (χ2v) is 5.98. The second-order valence-electron chi connectivity index (χ2n) is 5.98. The van der Waals surface area contributed by atoms with E-state index in [1.54, 1.807) is 18.4 Å². The Labute approximate surface area is 165 Å². The maximum atomic E-state index is 12.0. The zero-order valence-electron chi connectivity index (χ0n) is 16.1. The SMILES string of the molecule is CCNC(=NCCCOCc1ccco1)NCCNC(=O)c1ccc(O)cc1. The number of carbonyl (C=O) groups excluding carboxylic acids is 1. The van der Waals surface area contributed by atoms with Crippen LogP contribution < -0.4 is 16.0 Å². The van der Waals surface area contributed by atoms with Crippen molar-refractivity contribution < 1.29 is 19.1 Å². The molecule has 0 saturated heterocycles. The van der Waals surface area contributed by atoms with Gasteiger partial charge in [-0.25, -0.2) is 0 Å². The van der Waals surface area contributed by atoms with Gasteiger partial charge in [-0.05, 0) is 49.7 Å². The van der Waals surface area contributed by atoms with Crippen LogP contribution in [0.2, 0.25) is 0 Å². The number of phenolic OH excluding ortho intramolecular Hbond substituents is 1. The third-order valence-electron chi connectivity index (χ3n) is 3.72. The van der Waals surface area contributed by atoms with Gasteiger partial charge in [0.25, 0.3) is 5.91 Å². The number of guanidine groups is 1. The molecule has 1 heterocycles. The van der Waals surface area contributed by atoms with E-state index in [9.17, 15) is 9.90 Å². The lowest BCUT2D eigenvalue weighted by Crippen LogP contribution is -2.41. The highest BCUT2D eigenvalue weighted by atomic mass is 16.5. The van der Waals surface area contributed by atoms with E-state index in [0.717, 1.165) is 18.7 Å². The molecule has 2 aromatic rings. The van der Waals surface area contributed by atoms with Gasteiger partial charge in [0.2, 0.25) is 0 Å². The number of carbonyl (C=O) groups is 1. The summed E-state index contributed by atoms with van der Waals surface area (Å²) in [5.74, 6) is 1.47. The number of amides is 1. The average molecular weight is 388 g/mol. The highest BCUT2D eigenvalue weighted by Gasteiger charge is 2.04. The number of ether oxygens (including phenoxy) is 1. The number of phenols is 1. The maximum absolute atomic E-state index is 12.0. The Kier molecular flexibility index (Phi) is 9.43. The number of aromatic hydroxyl groups is 1. The summed E-state index contributed by atoms with van der Waals surface area (Å²) in [6.45, 7) is 5.45. The molecule has 152 valence electrons. The molecule has 1 aromatic heterocycles. The number of benzene rings is 1. The predicted molar refractivity (Wildman–Crippen MR) is 107 cm³/mol. The summed E-state index contributed by atoms with van der Waals surface area (Å²) in [6, 6.07) is 9.86. The summed E-state index contributed by atoms with van der Waals surface area (Å²) >= 11 is 0. The van der Waals surface area contributed by atoms with Gasteiger partial charge in [0, 0.05) is 38.3 Å². The summed E-state index contributed by atoms with van der Waals surface area (Å²) in [4.78, 5) is 16.5. The van der Waals surface area contributed by atoms with E-state index < -0.39 is 0 Å². The fourth-order valence-electron chi connectivity index (χ4n) is 2.34. The van der Waals surface area contributed by atoms with Crippen LogP contribution in [-0.2, 0) is 11.3 Å². The molecule has 8 nitrogen and oxygen atoms in total. The first-order chi connectivity index (χ1) is 13.7. The Hall–Kier alpha value is -3.00. The summed E-state index contributed by atoms with van der Waals surface area (Å²) in [5, 5.41) is 18.4. The van der Waals surface area contributed by atoms with Gasteiger partial charge in [0.15, 0.2) is 5.96 Å². The average Bonchev–Trinajstić information content (AvgIpc) is 3.21. The molecule has 0 spiro atoms. The van der Waals surface area contributed by atoms with Gasteiger partial charge in [-0.2, -0.15) is 0 Å². The maximum Gasteiger partial charge on any atom is 0.251 e. The summed E-state index contributed by atoms with van der Waals surface area (Å²) < 4.78 is 10.7. The van der Waals surface area contributed by atoms with E-state index in [4.69, 9.17) is 9.15 Å². The van der Waals surface area contributed by atoms with Gasteiger partial charge in [-0.15, -0.1) is 0 Å². The second kappa shape index (κ2) is 12.4. The Morgan fingerprint density at radius 2 is 1.93 bits per heavy atom. The van der Waals surface area contributed by atoms with Gasteiger partial charge in [-0.1, -0.05) is 0 Å². The molecule has 4 N–H and O–H groups in total. The minimum Gasteiger partial charge on any atom is -0.508 e. The molecule has 0 radical (unpaired) electrons. The lowest BCUT2D eigenvalue weighted by atomic mass is 10.2. The number of aliphatic imine (C=N–C) groups is 1. The van der Waals surface area contributed by atoms with E-state index in [1.807, 2.05) is 19.1 Å². The first-order valence-electron chi connectivity index (χ1n) is 9.38. The van der Waals surface area contributed by atoms with Gasteiger partial charge in [0.05, 0.1) is 6.26 Å². The van der Waals surface area contributed by atoms with Crippen molar-refractivity contribution >= 4 is 11.9 Å². The molecule has 0 atom stereocenters. The standard InChI is InChI=1S/C20H28N4O4/c1-2-21-20(23-10-4-13-27-15-18-5-3-14-28-18)24-12-11-22-19(26)16-6-8-17(25)9-7-16/h3,5-9,14,25H,2,4,10-13,15H2,1H3,(H,22,26)(H2,21,23,24). The summed E-state index contributed by atoms with van der Waals surface area (Å²) in [5.41, 5.74) is 0.507. The lowest BCUT2D eigenvalue weighted by molar-refractivity contribution is 0.0954. The molecule has 1 aromatic carbocycles. The predicted octanol–water partition coefficient (Wildman–Crippen LogP) is 1.88. The highest BCUT2D eigenvalue weighted by molar-refractivity contribution is 5.94. The molecule has 0 fully saturated rings. The molecule has 1 amide bonds. The first-order valence-corrected chi connectivity index (χ1v) is 9.38. The van der Waals surface area contributed by atoms with Gasteiger partial charge in [-0.3, -0.25) is 9.79 Å². The van der Waals surface area contributed by atoms with Crippen molar-refractivity contribution in [1.82, 2.24) is 16.0 Å². The zero-order chi connectivity index (χ0) is 20.0. The zero-order valence-corrected chi connectivity index (χ0v) is 16.1. The van der Waals surface area contributed by atoms with Crippen LogP contribution in [0, 0.1) is 0 Å². The Morgan fingerprint density at radius 3 is 2.64 bits per heavy atom. The largest absolute Gasteiger partial charge is 0.508 e. The third kappa shape index (κ3) is 8.13. The molecule has 2 rings (SSSR count). The van der Waals surface area contributed by atoms with Crippen LogP contribution in [0.25, 0.3) is 0 Å². The van der Waals surface area contributed by atoms with Crippen molar-refractivity contribution in [3.05, 3.63) is 54.0 Å². The van der Waals surface area contributed by atoms with E-state index in [0.29, 0.717) is 44.4 Å². The van der Waals surface area contributed by atoms with Crippen molar-refractivity contribution in [2.24, 2.45) is 4.99 Å². The molecular weight excluding hydrogens is 360 g/mol. The molecular formula is C20H28N4O4. The van der Waals surface area contributed by atoms with Crippen LogP contribution in [0.15, 0.2) is 52.1 Å². The quantitative estimate of drug-likeness (QED) is 0.266. The van der Waals surface area contributed by atoms with E-state index >= 15 is 0 Å². The number of furan rings is 1. The van der Waals surface area contributed by atoms with E-state index in [2.05, 4.69) is 20.9 Å². The van der Waals surface area contributed by atoms with Gasteiger partial charge >= 0.3 is 0 Å². The summed E-state index contributed by atoms with van der Waals surface area (Å²) in [6.07, 6.45) is 2.43. The van der Waals surface area contributed by atoms with Crippen LogP contribution >= 0.6 is 0 Å². The molecule has 0 aliphatic heterocycles. The van der Waals surface area contributed by atoms with E-state index in [-0.39, 0.29) is 11.7 Å². The van der Waals surface area contributed by atoms with Crippen LogP contribution in [0.3, 0.4) is 0 Å². The minimum atomic E-state index is -0.183. The van der Waals surface area contributed by atoms with Crippen LogP contribution in [0.1, 0.15) is 29.5 Å².